The van der Waals surface area contributed by atoms with Crippen LogP contribution >= 0.6 is 23.4 Å². The summed E-state index contributed by atoms with van der Waals surface area (Å²) in [5.41, 5.74) is 1.19. The summed E-state index contributed by atoms with van der Waals surface area (Å²) in [6.45, 7) is 1.16. The molecule has 0 spiro atoms. The Kier molecular flexibility index (Phi) is 6.18. The van der Waals surface area contributed by atoms with E-state index < -0.39 is 0 Å². The summed E-state index contributed by atoms with van der Waals surface area (Å²) in [7, 11) is 0. The van der Waals surface area contributed by atoms with E-state index in [2.05, 4.69) is 10.3 Å². The maximum absolute atomic E-state index is 13.0. The van der Waals surface area contributed by atoms with Gasteiger partial charge >= 0.3 is 0 Å². The van der Waals surface area contributed by atoms with Crippen LogP contribution in [-0.2, 0) is 16.1 Å². The SMILES string of the molecule is O=C(CSc1nc2ccccc2c(=O)n1C[C@@H]1CCCO1)Nc1ccc(Cl)cc1. The van der Waals surface area contributed by atoms with Gasteiger partial charge in [0.2, 0.25) is 5.91 Å². The maximum atomic E-state index is 13.0. The topological polar surface area (TPSA) is 73.2 Å². The van der Waals surface area contributed by atoms with Gasteiger partial charge in [-0.15, -0.1) is 0 Å². The van der Waals surface area contributed by atoms with Crippen LogP contribution in [0, 0.1) is 0 Å². The number of anilines is 1. The first-order chi connectivity index (χ1) is 14.1. The molecule has 1 amide bonds. The van der Waals surface area contributed by atoms with Crippen molar-refractivity contribution in [3.05, 3.63) is 63.9 Å². The number of hydrogen-bond donors (Lipinski definition) is 1. The summed E-state index contributed by atoms with van der Waals surface area (Å²) in [4.78, 5) is 30.1. The third-order valence-electron chi connectivity index (χ3n) is 4.70. The molecule has 29 heavy (non-hydrogen) atoms. The molecule has 1 atom stereocenters. The smallest absolute Gasteiger partial charge is 0.262 e. The highest BCUT2D eigenvalue weighted by molar-refractivity contribution is 7.99. The summed E-state index contributed by atoms with van der Waals surface area (Å²) in [6.07, 6.45) is 1.91. The van der Waals surface area contributed by atoms with Crippen molar-refractivity contribution in [3.8, 4) is 0 Å². The van der Waals surface area contributed by atoms with Crippen molar-refractivity contribution in [3.63, 3.8) is 0 Å². The fourth-order valence-corrected chi connectivity index (χ4v) is 4.21. The van der Waals surface area contributed by atoms with Gasteiger partial charge < -0.3 is 10.1 Å². The first-order valence-corrected chi connectivity index (χ1v) is 10.8. The van der Waals surface area contributed by atoms with Crippen LogP contribution in [0.4, 0.5) is 5.69 Å². The number of aromatic nitrogens is 2. The molecule has 1 fully saturated rings. The van der Waals surface area contributed by atoms with Gasteiger partial charge in [-0.25, -0.2) is 4.98 Å². The van der Waals surface area contributed by atoms with Gasteiger partial charge in [-0.2, -0.15) is 0 Å². The first-order valence-electron chi connectivity index (χ1n) is 9.39. The van der Waals surface area contributed by atoms with Gasteiger partial charge in [0.25, 0.3) is 5.56 Å². The van der Waals surface area contributed by atoms with Gasteiger partial charge in [-0.05, 0) is 49.2 Å². The average Bonchev–Trinajstić information content (AvgIpc) is 3.24. The Balaban J connectivity index is 1.55. The van der Waals surface area contributed by atoms with Crippen molar-refractivity contribution in [2.45, 2.75) is 30.6 Å². The zero-order chi connectivity index (χ0) is 20.2. The van der Waals surface area contributed by atoms with E-state index in [1.165, 1.54) is 11.8 Å². The average molecular weight is 430 g/mol. The van der Waals surface area contributed by atoms with E-state index in [9.17, 15) is 9.59 Å². The summed E-state index contributed by atoms with van der Waals surface area (Å²) in [5.74, 6) is -0.0396. The highest BCUT2D eigenvalue weighted by Crippen LogP contribution is 2.21. The van der Waals surface area contributed by atoms with E-state index in [4.69, 9.17) is 16.3 Å². The molecule has 0 bridgehead atoms. The number of nitrogens with zero attached hydrogens (tertiary/aromatic N) is 2. The number of carbonyl (C=O) groups excluding carboxylic acids is 1. The molecule has 1 aromatic heterocycles. The minimum absolute atomic E-state index is 0.00194. The zero-order valence-corrected chi connectivity index (χ0v) is 17.2. The second-order valence-electron chi connectivity index (χ2n) is 6.81. The van der Waals surface area contributed by atoms with Crippen LogP contribution < -0.4 is 10.9 Å². The lowest BCUT2D eigenvalue weighted by Crippen LogP contribution is -2.29. The van der Waals surface area contributed by atoms with Crippen molar-refractivity contribution >= 4 is 45.9 Å². The lowest BCUT2D eigenvalue weighted by molar-refractivity contribution is -0.113. The molecule has 1 N–H and O–H groups in total. The van der Waals surface area contributed by atoms with Gasteiger partial charge in [0.05, 0.1) is 29.3 Å². The Morgan fingerprint density at radius 2 is 2.03 bits per heavy atom. The molecule has 2 heterocycles. The number of hydrogen-bond acceptors (Lipinski definition) is 5. The summed E-state index contributed by atoms with van der Waals surface area (Å²) >= 11 is 7.12. The highest BCUT2D eigenvalue weighted by atomic mass is 35.5. The van der Waals surface area contributed by atoms with E-state index in [0.29, 0.717) is 39.9 Å². The lowest BCUT2D eigenvalue weighted by Gasteiger charge is -2.16. The summed E-state index contributed by atoms with van der Waals surface area (Å²) in [5, 5.41) is 4.53. The van der Waals surface area contributed by atoms with Crippen LogP contribution in [0.3, 0.4) is 0 Å². The number of fused-ring (bicyclic) bond motifs is 1. The van der Waals surface area contributed by atoms with E-state index in [1.807, 2.05) is 18.2 Å². The molecule has 0 saturated carbocycles. The van der Waals surface area contributed by atoms with Crippen molar-refractivity contribution in [2.75, 3.05) is 17.7 Å². The van der Waals surface area contributed by atoms with Crippen LogP contribution in [0.25, 0.3) is 10.9 Å². The van der Waals surface area contributed by atoms with Crippen molar-refractivity contribution < 1.29 is 9.53 Å². The number of benzene rings is 2. The maximum Gasteiger partial charge on any atom is 0.262 e. The Morgan fingerprint density at radius 1 is 1.24 bits per heavy atom. The molecule has 6 nitrogen and oxygen atoms in total. The normalized spacial score (nSPS) is 16.2. The molecule has 1 aliphatic heterocycles. The molecule has 4 rings (SSSR count). The predicted molar refractivity (Wildman–Crippen MR) is 116 cm³/mol. The molecule has 0 unspecified atom stereocenters. The first kappa shape index (κ1) is 19.9. The van der Waals surface area contributed by atoms with Gasteiger partial charge in [-0.3, -0.25) is 14.2 Å². The number of thioether (sulfide) groups is 1. The quantitative estimate of drug-likeness (QED) is 0.474. The molecule has 0 aliphatic carbocycles. The van der Waals surface area contributed by atoms with Crippen molar-refractivity contribution in [1.29, 1.82) is 0 Å². The fourth-order valence-electron chi connectivity index (χ4n) is 3.27. The van der Waals surface area contributed by atoms with Gasteiger partial charge in [-0.1, -0.05) is 35.5 Å². The minimum atomic E-state index is -0.177. The number of amides is 1. The molecule has 8 heteroatoms. The van der Waals surface area contributed by atoms with Crippen LogP contribution in [0.2, 0.25) is 5.02 Å². The highest BCUT2D eigenvalue weighted by Gasteiger charge is 2.20. The summed E-state index contributed by atoms with van der Waals surface area (Å²) < 4.78 is 7.34. The molecule has 150 valence electrons. The van der Waals surface area contributed by atoms with Crippen LogP contribution in [0.15, 0.2) is 58.5 Å². The molecule has 2 aromatic carbocycles. The van der Waals surface area contributed by atoms with Crippen molar-refractivity contribution in [2.24, 2.45) is 0 Å². The van der Waals surface area contributed by atoms with E-state index in [-0.39, 0.29) is 23.3 Å². The van der Waals surface area contributed by atoms with Gasteiger partial charge in [0.15, 0.2) is 5.16 Å². The fraction of sp³-hybridized carbons (Fsp3) is 0.286. The Morgan fingerprint density at radius 3 is 2.79 bits per heavy atom. The number of nitrogens with one attached hydrogen (secondary N) is 1. The monoisotopic (exact) mass is 429 g/mol. The van der Waals surface area contributed by atoms with E-state index in [0.717, 1.165) is 12.8 Å². The molecule has 1 saturated heterocycles. The van der Waals surface area contributed by atoms with Gasteiger partial charge in [0, 0.05) is 17.3 Å². The van der Waals surface area contributed by atoms with Crippen LogP contribution in [0.1, 0.15) is 12.8 Å². The molecule has 0 radical (unpaired) electrons. The Labute approximate surface area is 177 Å². The number of para-hydroxylation sites is 1. The molecule has 3 aromatic rings. The number of carbonyl (C=O) groups is 1. The van der Waals surface area contributed by atoms with Gasteiger partial charge in [0.1, 0.15) is 0 Å². The standard InChI is InChI=1S/C21H20ClN3O3S/c22-14-7-9-15(10-8-14)23-19(26)13-29-21-24-18-6-2-1-5-17(18)20(27)25(21)12-16-4-3-11-28-16/h1-2,5-10,16H,3-4,11-13H2,(H,23,26)/t16-/m0/s1. The third-order valence-corrected chi connectivity index (χ3v) is 5.93. The molecular weight excluding hydrogens is 410 g/mol. The van der Waals surface area contributed by atoms with E-state index in [1.54, 1.807) is 34.9 Å². The third kappa shape index (κ3) is 4.80. The second-order valence-corrected chi connectivity index (χ2v) is 8.18. The Hall–Kier alpha value is -2.35. The molecule has 1 aliphatic rings. The second kappa shape index (κ2) is 8.98. The zero-order valence-electron chi connectivity index (χ0n) is 15.6. The summed E-state index contributed by atoms with van der Waals surface area (Å²) in [6, 6.07) is 14.2. The minimum Gasteiger partial charge on any atom is -0.376 e. The van der Waals surface area contributed by atoms with Crippen LogP contribution in [-0.4, -0.2) is 33.9 Å². The molecular formula is C21H20ClN3O3S. The largest absolute Gasteiger partial charge is 0.376 e. The van der Waals surface area contributed by atoms with E-state index >= 15 is 0 Å². The number of rotatable bonds is 6. The lowest BCUT2D eigenvalue weighted by atomic mass is 10.2. The number of ether oxygens (including phenoxy) is 1. The number of halogens is 1. The Bertz CT molecular complexity index is 1080. The van der Waals surface area contributed by atoms with Crippen molar-refractivity contribution in [1.82, 2.24) is 9.55 Å². The van der Waals surface area contributed by atoms with Crippen LogP contribution in [0.5, 0.6) is 0 Å². The predicted octanol–water partition coefficient (Wildman–Crippen LogP) is 3.96.